The van der Waals surface area contributed by atoms with E-state index in [0.717, 1.165) is 11.3 Å². The molecule has 0 fully saturated rings. The second kappa shape index (κ2) is 6.92. The lowest BCUT2D eigenvalue weighted by Crippen LogP contribution is -2.44. The van der Waals surface area contributed by atoms with Crippen molar-refractivity contribution in [3.8, 4) is 0 Å². The highest BCUT2D eigenvalue weighted by atomic mass is 16.4. The van der Waals surface area contributed by atoms with Crippen LogP contribution in [0.2, 0.25) is 0 Å². The molecule has 1 rings (SSSR count). The van der Waals surface area contributed by atoms with E-state index < -0.39 is 11.5 Å². The fourth-order valence-electron chi connectivity index (χ4n) is 1.85. The maximum Gasteiger partial charge on any atom is 0.305 e. The Morgan fingerprint density at radius 3 is 2.29 bits per heavy atom. The van der Waals surface area contributed by atoms with Crippen molar-refractivity contribution in [2.45, 2.75) is 25.8 Å². The lowest BCUT2D eigenvalue weighted by atomic mass is 10.0. The number of amides is 1. The Morgan fingerprint density at radius 2 is 1.81 bits per heavy atom. The van der Waals surface area contributed by atoms with Crippen LogP contribution in [0.1, 0.15) is 25.8 Å². The minimum Gasteiger partial charge on any atom is -0.481 e. The van der Waals surface area contributed by atoms with E-state index in [0.29, 0.717) is 0 Å². The first kappa shape index (κ1) is 16.8. The van der Waals surface area contributed by atoms with Gasteiger partial charge < -0.3 is 15.3 Å². The van der Waals surface area contributed by atoms with E-state index in [1.165, 1.54) is 6.08 Å². The average molecular weight is 290 g/mol. The summed E-state index contributed by atoms with van der Waals surface area (Å²) in [6.45, 7) is 3.36. The molecule has 0 heterocycles. The molecule has 114 valence electrons. The molecule has 0 saturated heterocycles. The number of aliphatic carboxylic acids is 1. The molecule has 0 radical (unpaired) electrons. The number of anilines is 1. The number of carboxylic acid groups (broad SMARTS) is 1. The lowest BCUT2D eigenvalue weighted by Gasteiger charge is -2.23. The smallest absolute Gasteiger partial charge is 0.305 e. The summed E-state index contributed by atoms with van der Waals surface area (Å²) in [5.41, 5.74) is 1.22. The van der Waals surface area contributed by atoms with Crippen LogP contribution < -0.4 is 10.2 Å². The highest BCUT2D eigenvalue weighted by molar-refractivity contribution is 5.92. The van der Waals surface area contributed by atoms with Crippen LogP contribution in [0, 0.1) is 0 Å². The molecule has 2 N–H and O–H groups in total. The standard InChI is InChI=1S/C16H22N2O3/c1-16(2,11-15(20)21)17-14(19)10-7-12-5-8-13(9-6-12)18(3)4/h5-10H,11H2,1-4H3,(H,17,19)(H,20,21). The van der Waals surface area contributed by atoms with Crippen molar-refractivity contribution in [1.29, 1.82) is 0 Å². The fourth-order valence-corrected chi connectivity index (χ4v) is 1.85. The zero-order valence-electron chi connectivity index (χ0n) is 12.9. The number of hydrogen-bond donors (Lipinski definition) is 2. The molecule has 0 aliphatic rings. The molecule has 0 aliphatic heterocycles. The van der Waals surface area contributed by atoms with Gasteiger partial charge >= 0.3 is 5.97 Å². The van der Waals surface area contributed by atoms with Crippen molar-refractivity contribution in [1.82, 2.24) is 5.32 Å². The third-order valence-electron chi connectivity index (χ3n) is 2.89. The molecule has 5 heteroatoms. The van der Waals surface area contributed by atoms with E-state index in [2.05, 4.69) is 5.32 Å². The molecule has 0 aliphatic carbocycles. The van der Waals surface area contributed by atoms with E-state index >= 15 is 0 Å². The Morgan fingerprint density at radius 1 is 1.24 bits per heavy atom. The van der Waals surface area contributed by atoms with E-state index in [1.54, 1.807) is 19.9 Å². The van der Waals surface area contributed by atoms with Gasteiger partial charge in [-0.15, -0.1) is 0 Å². The zero-order chi connectivity index (χ0) is 16.0. The van der Waals surface area contributed by atoms with Gasteiger partial charge in [0.1, 0.15) is 0 Å². The summed E-state index contributed by atoms with van der Waals surface area (Å²) < 4.78 is 0. The Bertz CT molecular complexity index is 531. The van der Waals surface area contributed by atoms with Gasteiger partial charge in [0, 0.05) is 31.4 Å². The van der Waals surface area contributed by atoms with Gasteiger partial charge in [-0.05, 0) is 37.6 Å². The van der Waals surface area contributed by atoms with E-state index in [1.807, 2.05) is 43.3 Å². The van der Waals surface area contributed by atoms with Crippen LogP contribution in [0.4, 0.5) is 5.69 Å². The van der Waals surface area contributed by atoms with Crippen molar-refractivity contribution in [2.24, 2.45) is 0 Å². The second-order valence-electron chi connectivity index (χ2n) is 5.76. The highest BCUT2D eigenvalue weighted by Gasteiger charge is 2.22. The van der Waals surface area contributed by atoms with Gasteiger partial charge in [-0.25, -0.2) is 0 Å². The molecule has 21 heavy (non-hydrogen) atoms. The SMILES string of the molecule is CN(C)c1ccc(C=CC(=O)NC(C)(C)CC(=O)O)cc1. The molecule has 0 aromatic heterocycles. The quantitative estimate of drug-likeness (QED) is 0.788. The van der Waals surface area contributed by atoms with E-state index in [9.17, 15) is 9.59 Å². The Labute approximate surface area is 125 Å². The molecular weight excluding hydrogens is 268 g/mol. The summed E-state index contributed by atoms with van der Waals surface area (Å²) in [6.07, 6.45) is 2.99. The van der Waals surface area contributed by atoms with Gasteiger partial charge in [0.05, 0.1) is 6.42 Å². The van der Waals surface area contributed by atoms with Crippen LogP contribution in [-0.2, 0) is 9.59 Å². The van der Waals surface area contributed by atoms with Crippen molar-refractivity contribution in [3.63, 3.8) is 0 Å². The molecule has 1 aromatic carbocycles. The second-order valence-corrected chi connectivity index (χ2v) is 5.76. The van der Waals surface area contributed by atoms with Gasteiger partial charge in [-0.2, -0.15) is 0 Å². The monoisotopic (exact) mass is 290 g/mol. The number of benzene rings is 1. The lowest BCUT2D eigenvalue weighted by molar-refractivity contribution is -0.138. The summed E-state index contributed by atoms with van der Waals surface area (Å²) in [5, 5.41) is 11.4. The van der Waals surface area contributed by atoms with Crippen molar-refractivity contribution in [2.75, 3.05) is 19.0 Å². The molecule has 5 nitrogen and oxygen atoms in total. The largest absolute Gasteiger partial charge is 0.481 e. The van der Waals surface area contributed by atoms with Crippen molar-refractivity contribution >= 4 is 23.6 Å². The summed E-state index contributed by atoms with van der Waals surface area (Å²) in [4.78, 5) is 24.5. The normalized spacial score (nSPS) is 11.4. The highest BCUT2D eigenvalue weighted by Crippen LogP contribution is 2.13. The van der Waals surface area contributed by atoms with Gasteiger partial charge in [0.2, 0.25) is 5.91 Å². The van der Waals surface area contributed by atoms with Gasteiger partial charge in [0.25, 0.3) is 0 Å². The molecular formula is C16H22N2O3. The average Bonchev–Trinajstić information content (AvgIpc) is 2.34. The first-order chi connectivity index (χ1) is 9.69. The van der Waals surface area contributed by atoms with E-state index in [-0.39, 0.29) is 12.3 Å². The number of hydrogen-bond acceptors (Lipinski definition) is 3. The Hall–Kier alpha value is -2.30. The first-order valence-electron chi connectivity index (χ1n) is 6.69. The summed E-state index contributed by atoms with van der Waals surface area (Å²) in [5.74, 6) is -1.25. The van der Waals surface area contributed by atoms with Crippen LogP contribution in [-0.4, -0.2) is 36.6 Å². The maximum absolute atomic E-state index is 11.8. The summed E-state index contributed by atoms with van der Waals surface area (Å²) in [6, 6.07) is 7.76. The van der Waals surface area contributed by atoms with E-state index in [4.69, 9.17) is 5.11 Å². The minimum absolute atomic E-state index is 0.121. The number of carbonyl (C=O) groups is 2. The molecule has 1 aromatic rings. The third kappa shape index (κ3) is 6.12. The number of nitrogens with zero attached hydrogens (tertiary/aromatic N) is 1. The molecule has 0 bridgehead atoms. The van der Waals surface area contributed by atoms with Crippen LogP contribution >= 0.6 is 0 Å². The van der Waals surface area contributed by atoms with Crippen molar-refractivity contribution in [3.05, 3.63) is 35.9 Å². The van der Waals surface area contributed by atoms with Crippen molar-refractivity contribution < 1.29 is 14.7 Å². The Balaban J connectivity index is 2.63. The van der Waals surface area contributed by atoms with Crippen LogP contribution in [0.5, 0.6) is 0 Å². The summed E-state index contributed by atoms with van der Waals surface area (Å²) in [7, 11) is 3.92. The molecule has 0 spiro atoms. The maximum atomic E-state index is 11.8. The number of carboxylic acids is 1. The number of carbonyl (C=O) groups excluding carboxylic acids is 1. The topological polar surface area (TPSA) is 69.6 Å². The van der Waals surface area contributed by atoms with Gasteiger partial charge in [0.15, 0.2) is 0 Å². The van der Waals surface area contributed by atoms with Gasteiger partial charge in [-0.1, -0.05) is 12.1 Å². The fraction of sp³-hybridized carbons (Fsp3) is 0.375. The molecule has 0 atom stereocenters. The zero-order valence-corrected chi connectivity index (χ0v) is 12.9. The minimum atomic E-state index is -0.941. The molecule has 0 saturated carbocycles. The predicted octanol–water partition coefficient (Wildman–Crippen LogP) is 2.14. The van der Waals surface area contributed by atoms with Crippen LogP contribution in [0.15, 0.2) is 30.3 Å². The number of nitrogens with one attached hydrogen (secondary N) is 1. The Kier molecular flexibility index (Phi) is 5.52. The van der Waals surface area contributed by atoms with Crippen LogP contribution in [0.3, 0.4) is 0 Å². The first-order valence-corrected chi connectivity index (χ1v) is 6.69. The predicted molar refractivity (Wildman–Crippen MR) is 84.3 cm³/mol. The number of rotatable bonds is 6. The summed E-state index contributed by atoms with van der Waals surface area (Å²) >= 11 is 0. The van der Waals surface area contributed by atoms with Crippen LogP contribution in [0.25, 0.3) is 6.08 Å². The van der Waals surface area contributed by atoms with Gasteiger partial charge in [-0.3, -0.25) is 9.59 Å². The molecule has 0 unspecified atom stereocenters. The third-order valence-corrected chi connectivity index (χ3v) is 2.89. The molecule has 1 amide bonds.